The summed E-state index contributed by atoms with van der Waals surface area (Å²) < 4.78 is 2.06. The van der Waals surface area contributed by atoms with E-state index in [9.17, 15) is 4.79 Å². The van der Waals surface area contributed by atoms with Crippen molar-refractivity contribution in [1.82, 2.24) is 14.4 Å². The normalized spacial score (nSPS) is 15.7. The van der Waals surface area contributed by atoms with Crippen LogP contribution in [0.1, 0.15) is 15.9 Å². The Morgan fingerprint density at radius 3 is 2.52 bits per heavy atom. The molecular formula is C23H25N3O. The Bertz CT molecular complexity index is 950. The molecule has 4 nitrogen and oxygen atoms in total. The number of amides is 1. The zero-order chi connectivity index (χ0) is 18.6. The fourth-order valence-corrected chi connectivity index (χ4v) is 3.69. The van der Waals surface area contributed by atoms with Gasteiger partial charge in [-0.05, 0) is 23.8 Å². The van der Waals surface area contributed by atoms with E-state index < -0.39 is 0 Å². The van der Waals surface area contributed by atoms with Crippen LogP contribution in [0.15, 0.2) is 66.9 Å². The minimum atomic E-state index is 0.145. The number of hydrogen-bond donors (Lipinski definition) is 0. The molecule has 4 heteroatoms. The van der Waals surface area contributed by atoms with E-state index in [0.29, 0.717) is 0 Å². The number of aryl methyl sites for hydroxylation is 1. The molecule has 2 aromatic carbocycles. The number of benzene rings is 2. The molecule has 0 bridgehead atoms. The lowest BCUT2D eigenvalue weighted by atomic mass is 10.1. The van der Waals surface area contributed by atoms with Crippen molar-refractivity contribution in [2.24, 2.45) is 7.05 Å². The molecule has 2 heterocycles. The Labute approximate surface area is 160 Å². The van der Waals surface area contributed by atoms with Gasteiger partial charge >= 0.3 is 0 Å². The summed E-state index contributed by atoms with van der Waals surface area (Å²) in [5, 5.41) is 1.04. The molecule has 138 valence electrons. The smallest absolute Gasteiger partial charge is 0.254 e. The maximum Gasteiger partial charge on any atom is 0.254 e. The molecule has 1 aliphatic heterocycles. The van der Waals surface area contributed by atoms with Gasteiger partial charge in [-0.15, -0.1) is 0 Å². The lowest BCUT2D eigenvalue weighted by molar-refractivity contribution is 0.0652. The van der Waals surface area contributed by atoms with Gasteiger partial charge in [-0.2, -0.15) is 0 Å². The van der Waals surface area contributed by atoms with Gasteiger partial charge in [0.05, 0.1) is 0 Å². The summed E-state index contributed by atoms with van der Waals surface area (Å²) in [6, 6.07) is 18.4. The summed E-state index contributed by atoms with van der Waals surface area (Å²) in [6.45, 7) is 4.30. The lowest BCUT2D eigenvalue weighted by Gasteiger charge is -2.34. The Balaban J connectivity index is 1.36. The van der Waals surface area contributed by atoms with Gasteiger partial charge in [0.2, 0.25) is 0 Å². The quantitative estimate of drug-likeness (QED) is 0.711. The number of rotatable bonds is 4. The third-order valence-corrected chi connectivity index (χ3v) is 5.29. The van der Waals surface area contributed by atoms with E-state index in [4.69, 9.17) is 0 Å². The van der Waals surface area contributed by atoms with Crippen molar-refractivity contribution in [3.8, 4) is 0 Å². The summed E-state index contributed by atoms with van der Waals surface area (Å²) >= 11 is 0. The molecule has 1 aliphatic rings. The van der Waals surface area contributed by atoms with Gasteiger partial charge in [-0.3, -0.25) is 9.69 Å². The van der Waals surface area contributed by atoms with Crippen molar-refractivity contribution >= 4 is 22.9 Å². The molecule has 0 radical (unpaired) electrons. The second-order valence-corrected chi connectivity index (χ2v) is 7.07. The van der Waals surface area contributed by atoms with Crippen LogP contribution in [0.3, 0.4) is 0 Å². The molecule has 0 spiro atoms. The molecule has 0 aliphatic carbocycles. The third kappa shape index (κ3) is 3.81. The zero-order valence-corrected chi connectivity index (χ0v) is 15.7. The van der Waals surface area contributed by atoms with Gasteiger partial charge in [0.15, 0.2) is 0 Å². The van der Waals surface area contributed by atoms with Crippen LogP contribution in [0.5, 0.6) is 0 Å². The van der Waals surface area contributed by atoms with E-state index in [1.54, 1.807) is 0 Å². The zero-order valence-electron chi connectivity index (χ0n) is 15.7. The molecule has 4 rings (SSSR count). The first-order valence-electron chi connectivity index (χ1n) is 9.49. The minimum Gasteiger partial charge on any atom is -0.351 e. The fourth-order valence-electron chi connectivity index (χ4n) is 3.69. The minimum absolute atomic E-state index is 0.145. The van der Waals surface area contributed by atoms with Crippen molar-refractivity contribution in [2.75, 3.05) is 32.7 Å². The maximum atomic E-state index is 13.0. The monoisotopic (exact) mass is 359 g/mol. The number of hydrogen-bond acceptors (Lipinski definition) is 2. The number of carbonyl (C=O) groups excluding carboxylic acids is 1. The summed E-state index contributed by atoms with van der Waals surface area (Å²) in [6.07, 6.45) is 6.38. The average Bonchev–Trinajstić information content (AvgIpc) is 3.10. The van der Waals surface area contributed by atoms with Crippen LogP contribution in [0, 0.1) is 0 Å². The molecule has 1 amide bonds. The van der Waals surface area contributed by atoms with Crippen LogP contribution in [0.25, 0.3) is 17.0 Å². The lowest BCUT2D eigenvalue weighted by Crippen LogP contribution is -2.48. The molecule has 1 aromatic heterocycles. The molecule has 0 unspecified atom stereocenters. The SMILES string of the molecule is Cn1ccc2c(C(=O)N3CCN(C/C=C/c4ccccc4)CC3)cccc21. The second kappa shape index (κ2) is 7.80. The molecule has 1 fully saturated rings. The van der Waals surface area contributed by atoms with Crippen molar-refractivity contribution in [1.29, 1.82) is 0 Å². The maximum absolute atomic E-state index is 13.0. The summed E-state index contributed by atoms with van der Waals surface area (Å²) in [5.41, 5.74) is 3.14. The van der Waals surface area contributed by atoms with Gasteiger partial charge < -0.3 is 9.47 Å². The highest BCUT2D eigenvalue weighted by Crippen LogP contribution is 2.21. The van der Waals surface area contributed by atoms with Gasteiger partial charge in [-0.1, -0.05) is 48.6 Å². The molecule has 3 aromatic rings. The van der Waals surface area contributed by atoms with Crippen LogP contribution in [0.2, 0.25) is 0 Å². The van der Waals surface area contributed by atoms with Gasteiger partial charge in [0.1, 0.15) is 0 Å². The van der Waals surface area contributed by atoms with Gasteiger partial charge in [0, 0.05) is 62.4 Å². The number of nitrogens with zero attached hydrogens (tertiary/aromatic N) is 3. The predicted octanol–water partition coefficient (Wildman–Crippen LogP) is 3.65. The summed E-state index contributed by atoms with van der Waals surface area (Å²) in [5.74, 6) is 0.145. The summed E-state index contributed by atoms with van der Waals surface area (Å²) in [7, 11) is 2.01. The number of fused-ring (bicyclic) bond motifs is 1. The largest absolute Gasteiger partial charge is 0.351 e. The molecule has 0 saturated carbocycles. The highest BCUT2D eigenvalue weighted by Gasteiger charge is 2.23. The van der Waals surface area contributed by atoms with Crippen LogP contribution >= 0.6 is 0 Å². The van der Waals surface area contributed by atoms with E-state index >= 15 is 0 Å². The molecule has 27 heavy (non-hydrogen) atoms. The molecule has 0 atom stereocenters. The van der Waals surface area contributed by atoms with Crippen molar-refractivity contribution in [3.05, 3.63) is 78.0 Å². The van der Waals surface area contributed by atoms with E-state index in [2.05, 4.69) is 52.0 Å². The molecular weight excluding hydrogens is 334 g/mol. The van der Waals surface area contributed by atoms with Crippen LogP contribution in [0.4, 0.5) is 0 Å². The summed E-state index contributed by atoms with van der Waals surface area (Å²) in [4.78, 5) is 17.4. The Kier molecular flexibility index (Phi) is 5.07. The van der Waals surface area contributed by atoms with Gasteiger partial charge in [-0.25, -0.2) is 0 Å². The van der Waals surface area contributed by atoms with E-state index in [1.807, 2.05) is 42.4 Å². The average molecular weight is 359 g/mol. The molecule has 1 saturated heterocycles. The van der Waals surface area contributed by atoms with Crippen LogP contribution < -0.4 is 0 Å². The highest BCUT2D eigenvalue weighted by atomic mass is 16.2. The van der Waals surface area contributed by atoms with E-state index in [1.165, 1.54) is 5.56 Å². The number of aromatic nitrogens is 1. The fraction of sp³-hybridized carbons (Fsp3) is 0.261. The van der Waals surface area contributed by atoms with Crippen LogP contribution in [-0.4, -0.2) is 53.0 Å². The number of piperazine rings is 1. The third-order valence-electron chi connectivity index (χ3n) is 5.29. The van der Waals surface area contributed by atoms with Crippen LogP contribution in [-0.2, 0) is 7.05 Å². The highest BCUT2D eigenvalue weighted by molar-refractivity contribution is 6.06. The first-order valence-corrected chi connectivity index (χ1v) is 9.49. The van der Waals surface area contributed by atoms with Crippen molar-refractivity contribution in [3.63, 3.8) is 0 Å². The Morgan fingerprint density at radius 2 is 1.74 bits per heavy atom. The Hall–Kier alpha value is -2.85. The van der Waals surface area contributed by atoms with E-state index in [0.717, 1.165) is 49.2 Å². The van der Waals surface area contributed by atoms with Crippen molar-refractivity contribution in [2.45, 2.75) is 0 Å². The first-order chi connectivity index (χ1) is 13.2. The second-order valence-electron chi connectivity index (χ2n) is 7.07. The standard InChI is InChI=1S/C23H25N3O/c1-24-14-12-20-21(10-5-11-22(20)24)23(27)26-17-15-25(16-18-26)13-6-9-19-7-3-2-4-8-19/h2-12,14H,13,15-18H2,1H3/b9-6+. The first kappa shape index (κ1) is 17.6. The number of carbonyl (C=O) groups is 1. The predicted molar refractivity (Wildman–Crippen MR) is 111 cm³/mol. The van der Waals surface area contributed by atoms with Crippen molar-refractivity contribution < 1.29 is 4.79 Å². The topological polar surface area (TPSA) is 28.5 Å². The van der Waals surface area contributed by atoms with E-state index in [-0.39, 0.29) is 5.91 Å². The van der Waals surface area contributed by atoms with Gasteiger partial charge in [0.25, 0.3) is 5.91 Å². The Morgan fingerprint density at radius 1 is 0.963 bits per heavy atom. The molecule has 0 N–H and O–H groups in total.